The highest BCUT2D eigenvalue weighted by Crippen LogP contribution is 2.28. The zero-order valence-electron chi connectivity index (χ0n) is 14.6. The van der Waals surface area contributed by atoms with Gasteiger partial charge >= 0.3 is 0 Å². The fraction of sp³-hybridized carbons (Fsp3) is 0.211. The third kappa shape index (κ3) is 5.45. The summed E-state index contributed by atoms with van der Waals surface area (Å²) < 4.78 is 23.1. The van der Waals surface area contributed by atoms with Crippen LogP contribution < -0.4 is 5.32 Å². The number of ketones is 1. The minimum Gasteiger partial charge on any atom is -0.349 e. The first kappa shape index (κ1) is 19.2. The molecular formula is C19H18N2O4S2. The summed E-state index contributed by atoms with van der Waals surface area (Å²) in [6, 6.07) is 15.9. The zero-order chi connectivity index (χ0) is 19.4. The largest absolute Gasteiger partial charge is 0.349 e. The van der Waals surface area contributed by atoms with Gasteiger partial charge in [0, 0.05) is 6.26 Å². The van der Waals surface area contributed by atoms with E-state index in [4.69, 9.17) is 0 Å². The molecular weight excluding hydrogens is 384 g/mol. The number of fused-ring (bicyclic) bond motifs is 1. The maximum absolute atomic E-state index is 12.0. The molecule has 140 valence electrons. The highest BCUT2D eigenvalue weighted by Gasteiger charge is 2.14. The third-order valence-electron chi connectivity index (χ3n) is 3.76. The number of nitrogens with one attached hydrogen (secondary N) is 1. The maximum atomic E-state index is 12.0. The average molecular weight is 402 g/mol. The Morgan fingerprint density at radius 1 is 1.07 bits per heavy atom. The summed E-state index contributed by atoms with van der Waals surface area (Å²) in [7, 11) is -3.39. The molecule has 0 spiro atoms. The van der Waals surface area contributed by atoms with E-state index in [-0.39, 0.29) is 18.9 Å². The molecule has 2 aromatic carbocycles. The lowest BCUT2D eigenvalue weighted by Crippen LogP contribution is -2.33. The van der Waals surface area contributed by atoms with Gasteiger partial charge in [-0.15, -0.1) is 11.3 Å². The van der Waals surface area contributed by atoms with E-state index in [2.05, 4.69) is 10.3 Å². The number of thiazole rings is 1. The SMILES string of the molecule is CS(=O)(=O)CC(=O)CNC(=O)Cc1nc2ccc(-c3ccccc3)cc2s1. The Morgan fingerprint density at radius 3 is 2.52 bits per heavy atom. The summed E-state index contributed by atoms with van der Waals surface area (Å²) in [6.07, 6.45) is 1.03. The molecule has 3 rings (SSSR count). The van der Waals surface area contributed by atoms with Crippen molar-refractivity contribution in [2.75, 3.05) is 18.6 Å². The topological polar surface area (TPSA) is 93.2 Å². The summed E-state index contributed by atoms with van der Waals surface area (Å²) >= 11 is 1.43. The zero-order valence-corrected chi connectivity index (χ0v) is 16.3. The lowest BCUT2D eigenvalue weighted by molar-refractivity contribution is -0.123. The van der Waals surface area contributed by atoms with Gasteiger partial charge in [0.1, 0.15) is 10.8 Å². The normalized spacial score (nSPS) is 11.4. The molecule has 1 N–H and O–H groups in total. The van der Waals surface area contributed by atoms with Crippen LogP contribution in [0.4, 0.5) is 0 Å². The number of benzene rings is 2. The van der Waals surface area contributed by atoms with E-state index in [9.17, 15) is 18.0 Å². The summed E-state index contributed by atoms with van der Waals surface area (Å²) in [5, 5.41) is 3.09. The molecule has 0 unspecified atom stereocenters. The molecule has 27 heavy (non-hydrogen) atoms. The van der Waals surface area contributed by atoms with Crippen molar-refractivity contribution in [1.82, 2.24) is 10.3 Å². The molecule has 1 heterocycles. The first-order chi connectivity index (χ1) is 12.8. The van der Waals surface area contributed by atoms with Gasteiger partial charge in [-0.25, -0.2) is 13.4 Å². The van der Waals surface area contributed by atoms with Gasteiger partial charge in [-0.3, -0.25) is 9.59 Å². The quantitative estimate of drug-likeness (QED) is 0.654. The van der Waals surface area contributed by atoms with Gasteiger partial charge in [-0.1, -0.05) is 36.4 Å². The summed E-state index contributed by atoms with van der Waals surface area (Å²) in [6.45, 7) is -0.297. The van der Waals surface area contributed by atoms with Crippen molar-refractivity contribution in [2.45, 2.75) is 6.42 Å². The van der Waals surface area contributed by atoms with Crippen LogP contribution in [0.3, 0.4) is 0 Å². The highest BCUT2D eigenvalue weighted by molar-refractivity contribution is 7.91. The van der Waals surface area contributed by atoms with Gasteiger partial charge in [0.25, 0.3) is 0 Å². The number of sulfone groups is 1. The second-order valence-electron chi connectivity index (χ2n) is 6.22. The highest BCUT2D eigenvalue weighted by atomic mass is 32.2. The third-order valence-corrected chi connectivity index (χ3v) is 5.62. The Morgan fingerprint density at radius 2 is 1.81 bits per heavy atom. The standard InChI is InChI=1S/C19H18N2O4S2/c1-27(24,25)12-15(22)11-20-18(23)10-19-21-16-8-7-14(9-17(16)26-19)13-5-3-2-4-6-13/h2-9H,10-12H2,1H3,(H,20,23). The smallest absolute Gasteiger partial charge is 0.227 e. The van der Waals surface area contributed by atoms with Gasteiger partial charge in [-0.2, -0.15) is 0 Å². The molecule has 0 aliphatic carbocycles. The Bertz CT molecular complexity index is 1090. The van der Waals surface area contributed by atoms with E-state index in [1.54, 1.807) is 0 Å². The van der Waals surface area contributed by atoms with Gasteiger partial charge in [0.2, 0.25) is 5.91 Å². The van der Waals surface area contributed by atoms with Crippen LogP contribution in [-0.2, 0) is 25.8 Å². The van der Waals surface area contributed by atoms with Crippen molar-refractivity contribution in [2.24, 2.45) is 0 Å². The predicted octanol–water partition coefficient (Wildman–Crippen LogP) is 2.24. The number of amides is 1. The second kappa shape index (κ2) is 7.98. The monoisotopic (exact) mass is 402 g/mol. The number of Topliss-reactive ketones (excluding diaryl/α,β-unsaturated/α-hetero) is 1. The summed E-state index contributed by atoms with van der Waals surface area (Å²) in [5.74, 6) is -1.47. The van der Waals surface area contributed by atoms with Crippen molar-refractivity contribution in [3.05, 3.63) is 53.5 Å². The minimum absolute atomic E-state index is 0.0478. The van der Waals surface area contributed by atoms with E-state index in [0.717, 1.165) is 27.6 Å². The molecule has 3 aromatic rings. The molecule has 0 bridgehead atoms. The van der Waals surface area contributed by atoms with Crippen molar-refractivity contribution in [3.8, 4) is 11.1 Å². The number of carbonyl (C=O) groups excluding carboxylic acids is 2. The number of hydrogen-bond acceptors (Lipinski definition) is 6. The molecule has 0 aliphatic rings. The van der Waals surface area contributed by atoms with Crippen molar-refractivity contribution < 1.29 is 18.0 Å². The Balaban J connectivity index is 1.65. The van der Waals surface area contributed by atoms with Crippen LogP contribution in [-0.4, -0.2) is 43.6 Å². The number of aromatic nitrogens is 1. The van der Waals surface area contributed by atoms with Crippen LogP contribution in [0.5, 0.6) is 0 Å². The molecule has 0 saturated heterocycles. The molecule has 6 nitrogen and oxygen atoms in total. The predicted molar refractivity (Wildman–Crippen MR) is 106 cm³/mol. The lowest BCUT2D eigenvalue weighted by Gasteiger charge is -2.02. The fourth-order valence-corrected chi connectivity index (χ4v) is 4.29. The average Bonchev–Trinajstić information content (AvgIpc) is 3.00. The summed E-state index contributed by atoms with van der Waals surface area (Å²) in [5.41, 5.74) is 3.00. The van der Waals surface area contributed by atoms with E-state index >= 15 is 0 Å². The maximum Gasteiger partial charge on any atom is 0.227 e. The Kier molecular flexibility index (Phi) is 5.67. The molecule has 8 heteroatoms. The molecule has 0 radical (unpaired) electrons. The minimum atomic E-state index is -3.39. The van der Waals surface area contributed by atoms with Gasteiger partial charge in [0.15, 0.2) is 15.6 Å². The van der Waals surface area contributed by atoms with Crippen LogP contribution in [0, 0.1) is 0 Å². The number of rotatable bonds is 7. The first-order valence-electron chi connectivity index (χ1n) is 8.21. The van der Waals surface area contributed by atoms with Crippen LogP contribution in [0.1, 0.15) is 5.01 Å². The van der Waals surface area contributed by atoms with E-state index in [0.29, 0.717) is 5.01 Å². The molecule has 1 aromatic heterocycles. The van der Waals surface area contributed by atoms with Crippen LogP contribution >= 0.6 is 11.3 Å². The van der Waals surface area contributed by atoms with Crippen molar-refractivity contribution >= 4 is 43.1 Å². The number of carbonyl (C=O) groups is 2. The molecule has 1 amide bonds. The fourth-order valence-electron chi connectivity index (χ4n) is 2.60. The van der Waals surface area contributed by atoms with Gasteiger partial charge in [0.05, 0.1) is 23.2 Å². The lowest BCUT2D eigenvalue weighted by atomic mass is 10.1. The Hall–Kier alpha value is -2.58. The van der Waals surface area contributed by atoms with Gasteiger partial charge in [-0.05, 0) is 23.3 Å². The summed E-state index contributed by atoms with van der Waals surface area (Å²) in [4.78, 5) is 28.0. The van der Waals surface area contributed by atoms with Crippen molar-refractivity contribution in [1.29, 1.82) is 0 Å². The molecule has 0 aliphatic heterocycles. The molecule has 0 saturated carbocycles. The Labute approximate surface area is 161 Å². The van der Waals surface area contributed by atoms with E-state index in [1.807, 2.05) is 48.5 Å². The van der Waals surface area contributed by atoms with Crippen LogP contribution in [0.15, 0.2) is 48.5 Å². The van der Waals surface area contributed by atoms with E-state index < -0.39 is 21.4 Å². The van der Waals surface area contributed by atoms with E-state index in [1.165, 1.54) is 11.3 Å². The van der Waals surface area contributed by atoms with Crippen LogP contribution in [0.2, 0.25) is 0 Å². The number of nitrogens with zero attached hydrogens (tertiary/aromatic N) is 1. The molecule has 0 atom stereocenters. The van der Waals surface area contributed by atoms with Crippen LogP contribution in [0.25, 0.3) is 21.3 Å². The van der Waals surface area contributed by atoms with Gasteiger partial charge < -0.3 is 5.32 Å². The second-order valence-corrected chi connectivity index (χ2v) is 9.47. The number of hydrogen-bond donors (Lipinski definition) is 1. The first-order valence-corrected chi connectivity index (χ1v) is 11.1. The molecule has 0 fully saturated rings. The van der Waals surface area contributed by atoms with Crippen molar-refractivity contribution in [3.63, 3.8) is 0 Å².